The van der Waals surface area contributed by atoms with Crippen molar-refractivity contribution >= 4 is 11.8 Å². The van der Waals surface area contributed by atoms with E-state index in [0.29, 0.717) is 26.1 Å². The van der Waals surface area contributed by atoms with E-state index in [-0.39, 0.29) is 17.7 Å². The van der Waals surface area contributed by atoms with Gasteiger partial charge in [-0.15, -0.1) is 0 Å². The number of nitrogens with two attached hydrogens (primary N) is 1. The third-order valence-electron chi connectivity index (χ3n) is 5.11. The average molecular weight is 329 g/mol. The summed E-state index contributed by atoms with van der Waals surface area (Å²) in [5.41, 5.74) is 9.35. The highest BCUT2D eigenvalue weighted by Gasteiger charge is 2.28. The number of rotatable bonds is 5. The normalized spacial score (nSPS) is 19.9. The molecule has 1 aliphatic heterocycles. The van der Waals surface area contributed by atoms with Crippen LogP contribution in [0.15, 0.2) is 18.2 Å². The molecule has 5 nitrogen and oxygen atoms in total. The molecule has 24 heavy (non-hydrogen) atoms. The number of likely N-dealkylation sites (tertiary alicyclic amines) is 1. The summed E-state index contributed by atoms with van der Waals surface area (Å²) in [7, 11) is 0. The Bertz CT molecular complexity index is 615. The quantitative estimate of drug-likeness (QED) is 0.847. The van der Waals surface area contributed by atoms with Crippen LogP contribution in [0.1, 0.15) is 36.0 Å². The lowest BCUT2D eigenvalue weighted by molar-refractivity contribution is -0.135. The van der Waals surface area contributed by atoms with Crippen molar-refractivity contribution in [2.24, 2.45) is 11.7 Å². The summed E-state index contributed by atoms with van der Waals surface area (Å²) in [5.74, 6) is 0.0500. The minimum absolute atomic E-state index is 0.0236. The summed E-state index contributed by atoms with van der Waals surface area (Å²) in [4.78, 5) is 26.6. The maximum Gasteiger partial charge on any atom is 0.227 e. The predicted molar refractivity (Wildman–Crippen MR) is 93.5 cm³/mol. The summed E-state index contributed by atoms with van der Waals surface area (Å²) in [6.45, 7) is 2.22. The van der Waals surface area contributed by atoms with E-state index in [4.69, 9.17) is 5.73 Å². The molecule has 3 N–H and O–H groups in total. The van der Waals surface area contributed by atoms with Crippen LogP contribution in [0.2, 0.25) is 0 Å². The van der Waals surface area contributed by atoms with Gasteiger partial charge in [0.15, 0.2) is 0 Å². The van der Waals surface area contributed by atoms with E-state index in [1.165, 1.54) is 17.5 Å². The van der Waals surface area contributed by atoms with Crippen LogP contribution in [0.25, 0.3) is 0 Å². The Morgan fingerprint density at radius 1 is 1.21 bits per heavy atom. The van der Waals surface area contributed by atoms with Gasteiger partial charge in [-0.05, 0) is 48.8 Å². The molecule has 130 valence electrons. The van der Waals surface area contributed by atoms with Crippen molar-refractivity contribution < 1.29 is 9.59 Å². The van der Waals surface area contributed by atoms with Crippen molar-refractivity contribution in [3.05, 3.63) is 34.9 Å². The Kier molecular flexibility index (Phi) is 5.51. The number of hydrogen-bond acceptors (Lipinski definition) is 3. The van der Waals surface area contributed by atoms with Gasteiger partial charge in [-0.2, -0.15) is 0 Å². The molecule has 2 amide bonds. The number of carbonyl (C=O) groups is 2. The molecule has 0 bridgehead atoms. The Hall–Kier alpha value is -1.88. The predicted octanol–water partition coefficient (Wildman–Crippen LogP) is 1.03. The van der Waals surface area contributed by atoms with Gasteiger partial charge in [-0.1, -0.05) is 18.2 Å². The smallest absolute Gasteiger partial charge is 0.227 e. The first kappa shape index (κ1) is 17.0. The molecule has 1 aromatic carbocycles. The fraction of sp³-hybridized carbons (Fsp3) is 0.579. The number of benzene rings is 1. The highest BCUT2D eigenvalue weighted by atomic mass is 16.2. The van der Waals surface area contributed by atoms with Gasteiger partial charge >= 0.3 is 0 Å². The zero-order chi connectivity index (χ0) is 16.9. The van der Waals surface area contributed by atoms with Crippen molar-refractivity contribution in [1.82, 2.24) is 10.2 Å². The molecule has 0 aromatic heterocycles. The summed E-state index contributed by atoms with van der Waals surface area (Å²) < 4.78 is 0. The number of aryl methyl sites for hydroxylation is 2. The van der Waals surface area contributed by atoms with Crippen molar-refractivity contribution in [2.75, 3.05) is 26.2 Å². The number of piperidine rings is 1. The second-order valence-electron chi connectivity index (χ2n) is 6.89. The molecule has 1 heterocycles. The van der Waals surface area contributed by atoms with E-state index in [2.05, 4.69) is 23.5 Å². The highest BCUT2D eigenvalue weighted by molar-refractivity contribution is 5.82. The molecule has 0 saturated carbocycles. The highest BCUT2D eigenvalue weighted by Crippen LogP contribution is 2.24. The number of nitrogens with one attached hydrogen (secondary N) is 1. The lowest BCUT2D eigenvalue weighted by Gasteiger charge is -2.32. The zero-order valence-corrected chi connectivity index (χ0v) is 14.2. The van der Waals surface area contributed by atoms with E-state index in [1.807, 2.05) is 4.90 Å². The Morgan fingerprint density at radius 2 is 2.04 bits per heavy atom. The number of hydrogen-bond donors (Lipinski definition) is 2. The summed E-state index contributed by atoms with van der Waals surface area (Å²) in [6.07, 6.45) is 5.68. The summed E-state index contributed by atoms with van der Waals surface area (Å²) in [5, 5.41) is 2.84. The monoisotopic (exact) mass is 329 g/mol. The first-order chi connectivity index (χ1) is 11.7. The van der Waals surface area contributed by atoms with Gasteiger partial charge in [0, 0.05) is 26.2 Å². The molecule has 1 unspecified atom stereocenters. The van der Waals surface area contributed by atoms with Crippen LogP contribution in [-0.4, -0.2) is 42.9 Å². The van der Waals surface area contributed by atoms with Gasteiger partial charge < -0.3 is 16.0 Å². The first-order valence-electron chi connectivity index (χ1n) is 9.03. The molecule has 0 radical (unpaired) electrons. The minimum atomic E-state index is -0.103. The molecule has 3 rings (SSSR count). The zero-order valence-electron chi connectivity index (χ0n) is 14.2. The third-order valence-corrected chi connectivity index (χ3v) is 5.11. The van der Waals surface area contributed by atoms with Crippen LogP contribution in [-0.2, 0) is 28.9 Å². The van der Waals surface area contributed by atoms with E-state index >= 15 is 0 Å². The van der Waals surface area contributed by atoms with Crippen molar-refractivity contribution in [1.29, 1.82) is 0 Å². The Morgan fingerprint density at radius 3 is 2.88 bits per heavy atom. The van der Waals surface area contributed by atoms with Gasteiger partial charge in [0.1, 0.15) is 0 Å². The standard InChI is InChI=1S/C19H27N3O2/c20-8-9-21-19(24)17-5-2-10-22(13-17)18(23)12-14-6-7-15-3-1-4-16(15)11-14/h6-7,11,17H,1-5,8-10,12-13,20H2,(H,21,24). The molecule has 5 heteroatoms. The molecule has 1 aromatic rings. The van der Waals surface area contributed by atoms with Gasteiger partial charge in [-0.25, -0.2) is 0 Å². The van der Waals surface area contributed by atoms with E-state index in [0.717, 1.165) is 37.8 Å². The molecule has 1 aliphatic carbocycles. The van der Waals surface area contributed by atoms with Crippen molar-refractivity contribution in [3.63, 3.8) is 0 Å². The van der Waals surface area contributed by atoms with Gasteiger partial charge in [0.2, 0.25) is 11.8 Å². The average Bonchev–Trinajstić information content (AvgIpc) is 3.07. The van der Waals surface area contributed by atoms with E-state index < -0.39 is 0 Å². The Balaban J connectivity index is 1.57. The Labute approximate surface area is 143 Å². The fourth-order valence-electron chi connectivity index (χ4n) is 3.78. The van der Waals surface area contributed by atoms with Crippen LogP contribution in [0.3, 0.4) is 0 Å². The van der Waals surface area contributed by atoms with Crippen molar-refractivity contribution in [3.8, 4) is 0 Å². The number of carbonyl (C=O) groups excluding carboxylic acids is 2. The van der Waals surface area contributed by atoms with Crippen LogP contribution in [0, 0.1) is 5.92 Å². The third kappa shape index (κ3) is 3.96. The number of nitrogens with zero attached hydrogens (tertiary/aromatic N) is 1. The lowest BCUT2D eigenvalue weighted by atomic mass is 9.96. The van der Waals surface area contributed by atoms with Gasteiger partial charge in [0.05, 0.1) is 12.3 Å². The maximum absolute atomic E-state index is 12.6. The van der Waals surface area contributed by atoms with E-state index in [1.54, 1.807) is 0 Å². The van der Waals surface area contributed by atoms with Gasteiger partial charge in [0.25, 0.3) is 0 Å². The van der Waals surface area contributed by atoms with Crippen LogP contribution < -0.4 is 11.1 Å². The summed E-state index contributed by atoms with van der Waals surface area (Å²) in [6, 6.07) is 6.44. The topological polar surface area (TPSA) is 75.4 Å². The molecule has 1 atom stereocenters. The minimum Gasteiger partial charge on any atom is -0.355 e. The maximum atomic E-state index is 12.6. The molecule has 2 aliphatic rings. The number of amides is 2. The number of fused-ring (bicyclic) bond motifs is 1. The van der Waals surface area contributed by atoms with E-state index in [9.17, 15) is 9.59 Å². The second-order valence-corrected chi connectivity index (χ2v) is 6.89. The summed E-state index contributed by atoms with van der Waals surface area (Å²) >= 11 is 0. The molecule has 1 fully saturated rings. The second kappa shape index (κ2) is 7.79. The first-order valence-corrected chi connectivity index (χ1v) is 9.03. The van der Waals surface area contributed by atoms with Gasteiger partial charge in [-0.3, -0.25) is 9.59 Å². The largest absolute Gasteiger partial charge is 0.355 e. The lowest BCUT2D eigenvalue weighted by Crippen LogP contribution is -2.46. The van der Waals surface area contributed by atoms with Crippen LogP contribution >= 0.6 is 0 Å². The molecular weight excluding hydrogens is 302 g/mol. The molecule has 1 saturated heterocycles. The van der Waals surface area contributed by atoms with Crippen LogP contribution in [0.5, 0.6) is 0 Å². The molecular formula is C19H27N3O2. The van der Waals surface area contributed by atoms with Crippen molar-refractivity contribution in [2.45, 2.75) is 38.5 Å². The van der Waals surface area contributed by atoms with Crippen LogP contribution in [0.4, 0.5) is 0 Å². The molecule has 0 spiro atoms. The SMILES string of the molecule is NCCNC(=O)C1CCCN(C(=O)Cc2ccc3c(c2)CCC3)C1. The fourth-order valence-corrected chi connectivity index (χ4v) is 3.78.